The van der Waals surface area contributed by atoms with Crippen LogP contribution in [0.25, 0.3) is 0 Å². The van der Waals surface area contributed by atoms with Crippen molar-refractivity contribution in [1.29, 1.82) is 0 Å². The van der Waals surface area contributed by atoms with Crippen molar-refractivity contribution in [1.82, 2.24) is 15.2 Å². The molecule has 0 bridgehead atoms. The second-order valence-electron chi connectivity index (χ2n) is 6.58. The van der Waals surface area contributed by atoms with E-state index in [1.807, 2.05) is 18.2 Å². The molecular formula is C20H21N3O4S. The van der Waals surface area contributed by atoms with Crippen molar-refractivity contribution in [3.8, 4) is 11.5 Å². The highest BCUT2D eigenvalue weighted by Gasteiger charge is 2.50. The van der Waals surface area contributed by atoms with Crippen LogP contribution in [0.2, 0.25) is 0 Å². The number of amides is 2. The number of nitrogens with zero attached hydrogens (tertiary/aromatic N) is 2. The van der Waals surface area contributed by atoms with Crippen LogP contribution in [0.3, 0.4) is 0 Å². The summed E-state index contributed by atoms with van der Waals surface area (Å²) < 4.78 is 10.8. The fourth-order valence-electron chi connectivity index (χ4n) is 3.69. The number of thioether (sulfide) groups is 1. The van der Waals surface area contributed by atoms with Crippen LogP contribution in [0.15, 0.2) is 36.7 Å². The third-order valence-electron chi connectivity index (χ3n) is 5.06. The SMILES string of the molecule is COc1ccc2c(c1OC)C(=O)N1[C@@H]2SC[C@H]1C(=O)NCCc1ccncc1. The highest BCUT2D eigenvalue weighted by Crippen LogP contribution is 2.52. The lowest BCUT2D eigenvalue weighted by Crippen LogP contribution is -2.46. The number of fused-ring (bicyclic) bond motifs is 3. The van der Waals surface area contributed by atoms with Crippen molar-refractivity contribution >= 4 is 23.6 Å². The minimum atomic E-state index is -0.497. The first-order chi connectivity index (χ1) is 13.7. The van der Waals surface area contributed by atoms with Gasteiger partial charge in [0, 0.05) is 30.3 Å². The molecule has 0 aliphatic carbocycles. The number of benzene rings is 1. The smallest absolute Gasteiger partial charge is 0.260 e. The normalized spacial score (nSPS) is 19.9. The third kappa shape index (κ3) is 3.07. The van der Waals surface area contributed by atoms with Gasteiger partial charge in [-0.1, -0.05) is 6.07 Å². The molecular weight excluding hydrogens is 378 g/mol. The quantitative estimate of drug-likeness (QED) is 0.801. The summed E-state index contributed by atoms with van der Waals surface area (Å²) in [7, 11) is 3.06. The fraction of sp³-hybridized carbons (Fsp3) is 0.350. The van der Waals surface area contributed by atoms with Crippen molar-refractivity contribution in [3.05, 3.63) is 53.3 Å². The van der Waals surface area contributed by atoms with Gasteiger partial charge in [0.05, 0.1) is 19.8 Å². The minimum absolute atomic E-state index is 0.129. The number of rotatable bonds is 6. The van der Waals surface area contributed by atoms with Crippen molar-refractivity contribution in [2.75, 3.05) is 26.5 Å². The average molecular weight is 399 g/mol. The second kappa shape index (κ2) is 7.71. The maximum atomic E-state index is 13.1. The van der Waals surface area contributed by atoms with Gasteiger partial charge >= 0.3 is 0 Å². The highest BCUT2D eigenvalue weighted by molar-refractivity contribution is 7.99. The number of hydrogen-bond donors (Lipinski definition) is 1. The van der Waals surface area contributed by atoms with Crippen molar-refractivity contribution in [2.24, 2.45) is 0 Å². The predicted octanol–water partition coefficient (Wildman–Crippen LogP) is 2.03. The van der Waals surface area contributed by atoms with Gasteiger partial charge in [-0.15, -0.1) is 11.8 Å². The van der Waals surface area contributed by atoms with E-state index in [0.29, 0.717) is 29.4 Å². The maximum absolute atomic E-state index is 13.1. The molecule has 28 heavy (non-hydrogen) atoms. The molecule has 0 unspecified atom stereocenters. The molecule has 1 aromatic carbocycles. The fourth-order valence-corrected chi connectivity index (χ4v) is 5.15. The lowest BCUT2D eigenvalue weighted by atomic mass is 10.1. The summed E-state index contributed by atoms with van der Waals surface area (Å²) in [5.74, 6) is 1.20. The Morgan fingerprint density at radius 1 is 1.25 bits per heavy atom. The molecule has 2 aliphatic heterocycles. The van der Waals surface area contributed by atoms with Crippen molar-refractivity contribution < 1.29 is 19.1 Å². The predicted molar refractivity (Wildman–Crippen MR) is 106 cm³/mol. The molecule has 1 aromatic heterocycles. The third-order valence-corrected chi connectivity index (χ3v) is 6.36. The summed E-state index contributed by atoms with van der Waals surface area (Å²) in [6, 6.07) is 7.04. The van der Waals surface area contributed by atoms with E-state index >= 15 is 0 Å². The Morgan fingerprint density at radius 2 is 2.04 bits per heavy atom. The Bertz CT molecular complexity index is 906. The molecule has 0 radical (unpaired) electrons. The molecule has 4 rings (SSSR count). The van der Waals surface area contributed by atoms with E-state index in [-0.39, 0.29) is 17.2 Å². The topological polar surface area (TPSA) is 80.8 Å². The molecule has 2 amide bonds. The van der Waals surface area contributed by atoms with Crippen LogP contribution in [0.1, 0.15) is 26.9 Å². The monoisotopic (exact) mass is 399 g/mol. The lowest BCUT2D eigenvalue weighted by Gasteiger charge is -2.22. The molecule has 8 heteroatoms. The number of methoxy groups -OCH3 is 2. The number of carbonyl (C=O) groups is 2. The van der Waals surface area contributed by atoms with Crippen molar-refractivity contribution in [2.45, 2.75) is 17.8 Å². The molecule has 7 nitrogen and oxygen atoms in total. The van der Waals surface area contributed by atoms with Gasteiger partial charge in [-0.2, -0.15) is 0 Å². The number of hydrogen-bond acceptors (Lipinski definition) is 6. The van der Waals surface area contributed by atoms with Gasteiger partial charge in [0.15, 0.2) is 11.5 Å². The van der Waals surface area contributed by atoms with E-state index in [2.05, 4.69) is 10.3 Å². The summed E-state index contributed by atoms with van der Waals surface area (Å²) in [6.07, 6.45) is 4.19. The molecule has 2 aliphatic rings. The van der Waals surface area contributed by atoms with E-state index in [1.165, 1.54) is 7.11 Å². The molecule has 0 spiro atoms. The van der Waals surface area contributed by atoms with Crippen molar-refractivity contribution in [3.63, 3.8) is 0 Å². The Hall–Kier alpha value is -2.74. The molecule has 2 atom stereocenters. The second-order valence-corrected chi connectivity index (χ2v) is 7.69. The first-order valence-electron chi connectivity index (χ1n) is 9.01. The molecule has 1 N–H and O–H groups in total. The lowest BCUT2D eigenvalue weighted by molar-refractivity contribution is -0.124. The zero-order valence-electron chi connectivity index (χ0n) is 15.7. The highest BCUT2D eigenvalue weighted by atomic mass is 32.2. The van der Waals surface area contributed by atoms with E-state index in [0.717, 1.165) is 17.5 Å². The largest absolute Gasteiger partial charge is 0.493 e. The van der Waals surface area contributed by atoms with Crippen LogP contribution < -0.4 is 14.8 Å². The standard InChI is InChI=1S/C20H21N3O4S/c1-26-15-4-3-13-16(17(15)27-2)19(25)23-14(11-28-20(13)23)18(24)22-10-7-12-5-8-21-9-6-12/h3-6,8-9,14,20H,7,10-11H2,1-2H3,(H,22,24)/t14-,20+/m0/s1. The van der Waals surface area contributed by atoms with E-state index in [1.54, 1.807) is 42.2 Å². The van der Waals surface area contributed by atoms with Gasteiger partial charge in [0.25, 0.3) is 5.91 Å². The van der Waals surface area contributed by atoms with E-state index in [4.69, 9.17) is 9.47 Å². The van der Waals surface area contributed by atoms with Gasteiger partial charge in [-0.25, -0.2) is 0 Å². The van der Waals surface area contributed by atoms with Gasteiger partial charge in [-0.3, -0.25) is 14.6 Å². The molecule has 0 saturated carbocycles. The first kappa shape index (κ1) is 18.6. The molecule has 146 valence electrons. The van der Waals surface area contributed by atoms with E-state index < -0.39 is 6.04 Å². The van der Waals surface area contributed by atoms with Crippen LogP contribution in [-0.4, -0.2) is 54.3 Å². The molecule has 1 saturated heterocycles. The number of nitrogens with one attached hydrogen (secondary N) is 1. The summed E-state index contributed by atoms with van der Waals surface area (Å²) >= 11 is 1.60. The van der Waals surface area contributed by atoms with Crippen LogP contribution >= 0.6 is 11.8 Å². The van der Waals surface area contributed by atoms with Crippen LogP contribution in [0.5, 0.6) is 11.5 Å². The van der Waals surface area contributed by atoms with Crippen LogP contribution in [-0.2, 0) is 11.2 Å². The maximum Gasteiger partial charge on any atom is 0.260 e. The summed E-state index contributed by atoms with van der Waals surface area (Å²) in [5.41, 5.74) is 2.48. The minimum Gasteiger partial charge on any atom is -0.493 e. The Kier molecular flexibility index (Phi) is 5.13. The zero-order valence-corrected chi connectivity index (χ0v) is 16.5. The van der Waals surface area contributed by atoms with Gasteiger partial charge in [0.1, 0.15) is 11.4 Å². The Morgan fingerprint density at radius 3 is 2.75 bits per heavy atom. The molecule has 3 heterocycles. The van der Waals surface area contributed by atoms with Crippen LogP contribution in [0, 0.1) is 0 Å². The Balaban J connectivity index is 1.49. The number of aromatic nitrogens is 1. The van der Waals surface area contributed by atoms with Gasteiger partial charge < -0.3 is 19.7 Å². The first-order valence-corrected chi connectivity index (χ1v) is 10.1. The zero-order chi connectivity index (χ0) is 19.7. The molecule has 1 fully saturated rings. The number of pyridine rings is 1. The van der Waals surface area contributed by atoms with Gasteiger partial charge in [0.2, 0.25) is 5.91 Å². The van der Waals surface area contributed by atoms with Crippen LogP contribution in [0.4, 0.5) is 0 Å². The Labute approximate surface area is 167 Å². The summed E-state index contributed by atoms with van der Waals surface area (Å²) in [5, 5.41) is 2.79. The number of carbonyl (C=O) groups excluding carboxylic acids is 2. The van der Waals surface area contributed by atoms with Gasteiger partial charge in [-0.05, 0) is 30.2 Å². The summed E-state index contributed by atoms with van der Waals surface area (Å²) in [6.45, 7) is 0.515. The van der Waals surface area contributed by atoms with E-state index in [9.17, 15) is 9.59 Å². The summed E-state index contributed by atoms with van der Waals surface area (Å²) in [4.78, 5) is 31.5. The average Bonchev–Trinajstić information content (AvgIpc) is 3.28. The molecule has 2 aromatic rings. The number of ether oxygens (including phenoxy) is 2.